The van der Waals surface area contributed by atoms with Crippen LogP contribution in [0.4, 0.5) is 4.79 Å². The number of fused-ring (bicyclic) bond motifs is 1. The molecule has 0 bridgehead atoms. The molecule has 3 heterocycles. The first-order chi connectivity index (χ1) is 11.3. The van der Waals surface area contributed by atoms with Gasteiger partial charge in [0, 0.05) is 30.9 Å². The maximum atomic E-state index is 12.1. The SMILES string of the molecule is Cc1sc2nc(CNC(=O)CC3C(=O)N(C)C(=O)N3C)cn2c1C. The number of hydrogen-bond acceptors (Lipinski definition) is 5. The molecular formula is C15H19N5O3S. The topological polar surface area (TPSA) is 87.0 Å². The molecule has 1 N–H and O–H groups in total. The molecule has 0 spiro atoms. The largest absolute Gasteiger partial charge is 0.350 e. The van der Waals surface area contributed by atoms with E-state index in [0.717, 1.165) is 21.2 Å². The molecule has 128 valence electrons. The molecule has 8 nitrogen and oxygen atoms in total. The first-order valence-electron chi connectivity index (χ1n) is 7.54. The van der Waals surface area contributed by atoms with Gasteiger partial charge in [-0.05, 0) is 13.8 Å². The van der Waals surface area contributed by atoms with E-state index in [2.05, 4.69) is 10.3 Å². The van der Waals surface area contributed by atoms with Crippen molar-refractivity contribution in [1.29, 1.82) is 0 Å². The number of carbonyl (C=O) groups excluding carboxylic acids is 3. The first kappa shape index (κ1) is 16.4. The molecule has 1 aliphatic rings. The summed E-state index contributed by atoms with van der Waals surface area (Å²) in [5.41, 5.74) is 1.90. The quantitative estimate of drug-likeness (QED) is 0.831. The van der Waals surface area contributed by atoms with Crippen LogP contribution in [0.25, 0.3) is 4.96 Å². The van der Waals surface area contributed by atoms with E-state index < -0.39 is 12.1 Å². The molecule has 1 fully saturated rings. The molecule has 2 aromatic heterocycles. The van der Waals surface area contributed by atoms with Crippen molar-refractivity contribution in [3.63, 3.8) is 0 Å². The number of imidazole rings is 1. The summed E-state index contributed by atoms with van der Waals surface area (Å²) in [6, 6.07) is -1.13. The second kappa shape index (κ2) is 5.90. The van der Waals surface area contributed by atoms with E-state index in [1.165, 1.54) is 23.9 Å². The average Bonchev–Trinajstić information content (AvgIpc) is 3.12. The molecule has 0 saturated carbocycles. The molecule has 24 heavy (non-hydrogen) atoms. The highest BCUT2D eigenvalue weighted by Crippen LogP contribution is 2.21. The van der Waals surface area contributed by atoms with Gasteiger partial charge in [-0.1, -0.05) is 0 Å². The number of likely N-dealkylation sites (N-methyl/N-ethyl adjacent to an activating group) is 2. The number of aromatic nitrogens is 2. The van der Waals surface area contributed by atoms with Gasteiger partial charge in [0.05, 0.1) is 18.7 Å². The lowest BCUT2D eigenvalue weighted by Gasteiger charge is -2.15. The van der Waals surface area contributed by atoms with Gasteiger partial charge < -0.3 is 10.2 Å². The fraction of sp³-hybridized carbons (Fsp3) is 0.467. The van der Waals surface area contributed by atoms with Crippen molar-refractivity contribution < 1.29 is 14.4 Å². The lowest BCUT2D eigenvalue weighted by molar-refractivity contribution is -0.131. The van der Waals surface area contributed by atoms with Gasteiger partial charge in [0.25, 0.3) is 5.91 Å². The molecule has 2 aromatic rings. The molecule has 0 aromatic carbocycles. The summed E-state index contributed by atoms with van der Waals surface area (Å²) < 4.78 is 2.00. The van der Waals surface area contributed by atoms with Gasteiger partial charge in [0.2, 0.25) is 5.91 Å². The molecule has 4 amide bonds. The lowest BCUT2D eigenvalue weighted by Crippen LogP contribution is -2.37. The lowest BCUT2D eigenvalue weighted by atomic mass is 10.2. The van der Waals surface area contributed by atoms with Crippen LogP contribution in [0.5, 0.6) is 0 Å². The number of urea groups is 1. The van der Waals surface area contributed by atoms with Crippen LogP contribution in [0.1, 0.15) is 22.7 Å². The molecule has 1 atom stereocenters. The van der Waals surface area contributed by atoms with Crippen LogP contribution in [0.15, 0.2) is 6.20 Å². The third kappa shape index (κ3) is 2.64. The van der Waals surface area contributed by atoms with Crippen molar-refractivity contribution in [2.75, 3.05) is 14.1 Å². The summed E-state index contributed by atoms with van der Waals surface area (Å²) >= 11 is 1.61. The minimum Gasteiger partial charge on any atom is -0.350 e. The molecule has 3 rings (SSSR count). The number of aryl methyl sites for hydroxylation is 2. The Balaban J connectivity index is 1.61. The minimum absolute atomic E-state index is 0.0498. The van der Waals surface area contributed by atoms with Gasteiger partial charge in [-0.25, -0.2) is 9.78 Å². The Morgan fingerprint density at radius 1 is 1.33 bits per heavy atom. The Bertz CT molecular complexity index is 840. The standard InChI is InChI=1S/C15H19N5O3S/c1-8-9(2)24-14-17-10(7-20(8)14)6-16-12(21)5-11-13(22)19(4)15(23)18(11)3/h7,11H,5-6H2,1-4H3,(H,16,21). The Labute approximate surface area is 143 Å². The van der Waals surface area contributed by atoms with Crippen LogP contribution < -0.4 is 5.32 Å². The van der Waals surface area contributed by atoms with Crippen LogP contribution in [-0.4, -0.2) is 57.2 Å². The van der Waals surface area contributed by atoms with Crippen LogP contribution in [0.2, 0.25) is 0 Å². The number of nitrogens with one attached hydrogen (secondary N) is 1. The fourth-order valence-corrected chi connectivity index (χ4v) is 3.67. The van der Waals surface area contributed by atoms with Crippen molar-refractivity contribution in [3.8, 4) is 0 Å². The van der Waals surface area contributed by atoms with E-state index in [1.807, 2.05) is 24.4 Å². The number of imide groups is 1. The minimum atomic E-state index is -0.738. The van der Waals surface area contributed by atoms with E-state index >= 15 is 0 Å². The number of amides is 4. The smallest absolute Gasteiger partial charge is 0.326 e. The number of nitrogens with zero attached hydrogens (tertiary/aromatic N) is 4. The van der Waals surface area contributed by atoms with Gasteiger partial charge in [-0.3, -0.25) is 18.9 Å². The summed E-state index contributed by atoms with van der Waals surface area (Å²) in [4.78, 5) is 44.7. The second-order valence-corrected chi connectivity index (χ2v) is 7.10. The van der Waals surface area contributed by atoms with Gasteiger partial charge in [0.1, 0.15) is 6.04 Å². The van der Waals surface area contributed by atoms with Crippen molar-refractivity contribution >= 4 is 34.1 Å². The van der Waals surface area contributed by atoms with Crippen LogP contribution in [-0.2, 0) is 16.1 Å². The Morgan fingerprint density at radius 3 is 2.62 bits per heavy atom. The monoisotopic (exact) mass is 349 g/mol. The van der Waals surface area contributed by atoms with Crippen LogP contribution in [0, 0.1) is 13.8 Å². The fourth-order valence-electron chi connectivity index (χ4n) is 2.70. The maximum Gasteiger partial charge on any atom is 0.326 e. The van der Waals surface area contributed by atoms with E-state index in [-0.39, 0.29) is 18.2 Å². The predicted molar refractivity (Wildman–Crippen MR) is 88.7 cm³/mol. The molecule has 1 saturated heterocycles. The van der Waals surface area contributed by atoms with E-state index in [1.54, 1.807) is 11.3 Å². The summed E-state index contributed by atoms with van der Waals surface area (Å²) in [5.74, 6) is -0.640. The van der Waals surface area contributed by atoms with Gasteiger partial charge in [-0.2, -0.15) is 0 Å². The van der Waals surface area contributed by atoms with Crippen molar-refractivity contribution in [2.45, 2.75) is 32.9 Å². The van der Waals surface area contributed by atoms with Crippen molar-refractivity contribution in [2.24, 2.45) is 0 Å². The third-order valence-corrected chi connectivity index (χ3v) is 5.43. The highest BCUT2D eigenvalue weighted by molar-refractivity contribution is 7.17. The average molecular weight is 349 g/mol. The predicted octanol–water partition coefficient (Wildman–Crippen LogP) is 0.911. The summed E-state index contributed by atoms with van der Waals surface area (Å²) in [6.45, 7) is 4.36. The first-order valence-corrected chi connectivity index (χ1v) is 8.36. The maximum absolute atomic E-state index is 12.1. The van der Waals surface area contributed by atoms with Gasteiger partial charge in [0.15, 0.2) is 4.96 Å². The second-order valence-electron chi connectivity index (χ2n) is 5.92. The molecule has 1 unspecified atom stereocenters. The zero-order valence-corrected chi connectivity index (χ0v) is 14.8. The van der Waals surface area contributed by atoms with E-state index in [9.17, 15) is 14.4 Å². The number of thiazole rings is 1. The molecule has 0 aliphatic carbocycles. The van der Waals surface area contributed by atoms with Crippen molar-refractivity contribution in [1.82, 2.24) is 24.5 Å². The molecule has 9 heteroatoms. The molecule has 0 radical (unpaired) electrons. The molecule has 1 aliphatic heterocycles. The molecular weight excluding hydrogens is 330 g/mol. The number of rotatable bonds is 4. The Hall–Kier alpha value is -2.42. The van der Waals surface area contributed by atoms with E-state index in [4.69, 9.17) is 0 Å². The van der Waals surface area contributed by atoms with Crippen LogP contribution in [0.3, 0.4) is 0 Å². The van der Waals surface area contributed by atoms with Crippen molar-refractivity contribution in [3.05, 3.63) is 22.5 Å². The third-order valence-electron chi connectivity index (χ3n) is 4.36. The van der Waals surface area contributed by atoms with E-state index in [0.29, 0.717) is 6.54 Å². The zero-order valence-electron chi connectivity index (χ0n) is 14.0. The Kier molecular flexibility index (Phi) is 4.04. The summed E-state index contributed by atoms with van der Waals surface area (Å²) in [6.07, 6.45) is 1.85. The van der Waals surface area contributed by atoms with Crippen LogP contribution >= 0.6 is 11.3 Å². The summed E-state index contributed by atoms with van der Waals surface area (Å²) in [5, 5.41) is 2.76. The highest BCUT2D eigenvalue weighted by atomic mass is 32.1. The normalized spacial score (nSPS) is 18.1. The Morgan fingerprint density at radius 2 is 2.04 bits per heavy atom. The summed E-state index contributed by atoms with van der Waals surface area (Å²) in [7, 11) is 2.94. The van der Waals surface area contributed by atoms with Gasteiger partial charge >= 0.3 is 6.03 Å². The zero-order chi connectivity index (χ0) is 17.6. The number of carbonyl (C=O) groups is 3. The number of hydrogen-bond donors (Lipinski definition) is 1. The highest BCUT2D eigenvalue weighted by Gasteiger charge is 2.41. The van der Waals surface area contributed by atoms with Gasteiger partial charge in [-0.15, -0.1) is 11.3 Å².